The highest BCUT2D eigenvalue weighted by Crippen LogP contribution is 2.39. The van der Waals surface area contributed by atoms with Gasteiger partial charge in [0.15, 0.2) is 0 Å². The molecule has 0 unspecified atom stereocenters. The van der Waals surface area contributed by atoms with Crippen LogP contribution in [-0.4, -0.2) is 24.2 Å². The molecule has 0 atom stereocenters. The minimum Gasteiger partial charge on any atom is -0.463 e. The van der Waals surface area contributed by atoms with Gasteiger partial charge in [-0.25, -0.2) is 10.6 Å². The Hall–Kier alpha value is -0.980. The molecule has 0 saturated heterocycles. The van der Waals surface area contributed by atoms with Crippen molar-refractivity contribution in [3.8, 4) is 0 Å². The molecule has 1 heterocycles. The van der Waals surface area contributed by atoms with E-state index in [1.54, 1.807) is 25.3 Å². The number of halogens is 3. The quantitative estimate of drug-likeness (QED) is 0.522. The molecule has 0 radical (unpaired) electrons. The lowest BCUT2D eigenvalue weighted by molar-refractivity contribution is -0.138. The van der Waals surface area contributed by atoms with Crippen molar-refractivity contribution < 1.29 is 9.53 Å². The number of benzene rings is 1. The summed E-state index contributed by atoms with van der Waals surface area (Å²) in [6.07, 6.45) is 1.56. The van der Waals surface area contributed by atoms with Crippen LogP contribution in [0.15, 0.2) is 23.9 Å². The van der Waals surface area contributed by atoms with Gasteiger partial charge in [-0.2, -0.15) is 0 Å². The fourth-order valence-electron chi connectivity index (χ4n) is 1.75. The summed E-state index contributed by atoms with van der Waals surface area (Å²) >= 11 is 18.0. The third-order valence-corrected chi connectivity index (χ3v) is 3.97. The molecule has 0 aliphatic carbocycles. The van der Waals surface area contributed by atoms with E-state index in [-0.39, 0.29) is 16.6 Å². The first kappa shape index (κ1) is 15.4. The lowest BCUT2D eigenvalue weighted by Crippen LogP contribution is -2.41. The summed E-state index contributed by atoms with van der Waals surface area (Å²) < 4.78 is 4.94. The summed E-state index contributed by atoms with van der Waals surface area (Å²) in [6.45, 7) is 2.25. The average molecular weight is 337 g/mol. The van der Waals surface area contributed by atoms with Crippen LogP contribution in [-0.2, 0) is 9.53 Å². The number of carbonyl (C=O) groups is 1. The Morgan fingerprint density at radius 1 is 1.35 bits per heavy atom. The zero-order valence-electron chi connectivity index (χ0n) is 10.6. The molecule has 8 heteroatoms. The molecular weight excluding hydrogens is 325 g/mol. The molecule has 1 aromatic rings. The number of carbonyl (C=O) groups excluding carboxylic acids is 1. The molecule has 5 nitrogen and oxygen atoms in total. The van der Waals surface area contributed by atoms with E-state index in [0.29, 0.717) is 22.9 Å². The van der Waals surface area contributed by atoms with E-state index in [4.69, 9.17) is 45.4 Å². The van der Waals surface area contributed by atoms with Gasteiger partial charge in [0.05, 0.1) is 39.5 Å². The molecule has 0 spiro atoms. The van der Waals surface area contributed by atoms with E-state index >= 15 is 0 Å². The van der Waals surface area contributed by atoms with Crippen molar-refractivity contribution in [3.05, 3.63) is 39.0 Å². The van der Waals surface area contributed by atoms with Gasteiger partial charge < -0.3 is 4.74 Å². The summed E-state index contributed by atoms with van der Waals surface area (Å²) in [7, 11) is 0. The second-order valence-electron chi connectivity index (χ2n) is 4.01. The minimum absolute atomic E-state index is 0.218. The van der Waals surface area contributed by atoms with Crippen LogP contribution >= 0.6 is 34.8 Å². The van der Waals surface area contributed by atoms with Crippen LogP contribution < -0.4 is 10.9 Å². The number of nitrogens with zero attached hydrogens (tertiary/aromatic N) is 2. The Balaban J connectivity index is 2.34. The van der Waals surface area contributed by atoms with E-state index in [1.807, 2.05) is 0 Å². The molecule has 2 N–H and O–H groups in total. The maximum absolute atomic E-state index is 11.7. The van der Waals surface area contributed by atoms with Crippen LogP contribution in [0, 0.1) is 0 Å². The van der Waals surface area contributed by atoms with Crippen molar-refractivity contribution in [3.63, 3.8) is 0 Å². The van der Waals surface area contributed by atoms with Gasteiger partial charge in [0.2, 0.25) is 0 Å². The number of hydrogen-bond donors (Lipinski definition) is 1. The smallest absolute Gasteiger partial charge is 0.337 e. The van der Waals surface area contributed by atoms with Crippen LogP contribution in [0.2, 0.25) is 15.1 Å². The van der Waals surface area contributed by atoms with E-state index in [9.17, 15) is 4.79 Å². The van der Waals surface area contributed by atoms with Crippen molar-refractivity contribution in [2.45, 2.75) is 6.92 Å². The fourth-order valence-corrected chi connectivity index (χ4v) is 2.37. The molecule has 0 aromatic heterocycles. The highest BCUT2D eigenvalue weighted by Gasteiger charge is 2.27. The highest BCUT2D eigenvalue weighted by atomic mass is 35.5. The number of rotatable bonds is 3. The lowest BCUT2D eigenvalue weighted by atomic mass is 10.3. The van der Waals surface area contributed by atoms with Gasteiger partial charge in [-0.3, -0.25) is 5.01 Å². The average Bonchev–Trinajstić information content (AvgIpc) is 2.79. The summed E-state index contributed by atoms with van der Waals surface area (Å²) in [5.74, 6) is 5.44. The Kier molecular flexibility index (Phi) is 4.78. The van der Waals surface area contributed by atoms with Gasteiger partial charge in [0, 0.05) is 6.20 Å². The first-order valence-corrected chi connectivity index (χ1v) is 6.91. The lowest BCUT2D eigenvalue weighted by Gasteiger charge is -2.25. The van der Waals surface area contributed by atoms with Gasteiger partial charge in [0.25, 0.3) is 0 Å². The SMILES string of the molecule is CCOC(=O)C1=CN(c2ccc(Cl)c(Cl)c2Cl)N(N)C1. The van der Waals surface area contributed by atoms with Crippen molar-refractivity contribution in [1.29, 1.82) is 0 Å². The Bertz CT molecular complexity index is 577. The monoisotopic (exact) mass is 335 g/mol. The Morgan fingerprint density at radius 2 is 2.05 bits per heavy atom. The minimum atomic E-state index is -0.415. The standard InChI is InChI=1S/C12H12Cl3N3O2/c1-2-20-12(19)7-5-17(18(16)6-7)9-4-3-8(13)10(14)11(9)15/h3-5H,2,6,16H2,1H3. The number of hydrogen-bond acceptors (Lipinski definition) is 5. The molecular formula is C12H12Cl3N3O2. The number of nitrogens with two attached hydrogens (primary N) is 1. The third kappa shape index (κ3) is 2.87. The molecule has 20 heavy (non-hydrogen) atoms. The van der Waals surface area contributed by atoms with Gasteiger partial charge >= 0.3 is 5.97 Å². The molecule has 0 bridgehead atoms. The molecule has 1 aliphatic rings. The number of esters is 1. The third-order valence-electron chi connectivity index (χ3n) is 2.69. The van der Waals surface area contributed by atoms with Crippen molar-refractivity contribution >= 4 is 46.5 Å². The van der Waals surface area contributed by atoms with Crippen LogP contribution in [0.3, 0.4) is 0 Å². The second kappa shape index (κ2) is 6.20. The molecule has 108 valence electrons. The molecule has 0 saturated carbocycles. The van der Waals surface area contributed by atoms with Gasteiger partial charge in [-0.05, 0) is 19.1 Å². The van der Waals surface area contributed by atoms with Crippen LogP contribution in [0.1, 0.15) is 6.92 Å². The van der Waals surface area contributed by atoms with Crippen LogP contribution in [0.25, 0.3) is 0 Å². The summed E-state index contributed by atoms with van der Waals surface area (Å²) in [5.41, 5.74) is 0.958. The number of ether oxygens (including phenoxy) is 1. The Labute approximate surface area is 131 Å². The van der Waals surface area contributed by atoms with E-state index in [0.717, 1.165) is 0 Å². The van der Waals surface area contributed by atoms with Crippen LogP contribution in [0.5, 0.6) is 0 Å². The topological polar surface area (TPSA) is 58.8 Å². The molecule has 0 amide bonds. The second-order valence-corrected chi connectivity index (χ2v) is 5.17. The Morgan fingerprint density at radius 3 is 2.70 bits per heavy atom. The molecule has 0 fully saturated rings. The van der Waals surface area contributed by atoms with Gasteiger partial charge in [0.1, 0.15) is 0 Å². The van der Waals surface area contributed by atoms with E-state index in [2.05, 4.69) is 0 Å². The zero-order valence-corrected chi connectivity index (χ0v) is 12.8. The van der Waals surface area contributed by atoms with Crippen molar-refractivity contribution in [1.82, 2.24) is 5.12 Å². The van der Waals surface area contributed by atoms with E-state index < -0.39 is 5.97 Å². The maximum atomic E-state index is 11.7. The summed E-state index contributed by atoms with van der Waals surface area (Å²) in [4.78, 5) is 11.7. The van der Waals surface area contributed by atoms with Gasteiger partial charge in [-0.15, -0.1) is 5.12 Å². The van der Waals surface area contributed by atoms with Crippen molar-refractivity contribution in [2.75, 3.05) is 18.2 Å². The maximum Gasteiger partial charge on any atom is 0.337 e. The van der Waals surface area contributed by atoms with Crippen molar-refractivity contribution in [2.24, 2.45) is 5.84 Å². The normalized spacial score (nSPS) is 15.4. The summed E-state index contributed by atoms with van der Waals surface area (Å²) in [5, 5.41) is 3.69. The molecule has 2 rings (SSSR count). The first-order chi connectivity index (χ1) is 9.45. The summed E-state index contributed by atoms with van der Waals surface area (Å²) in [6, 6.07) is 3.27. The van der Waals surface area contributed by atoms with Gasteiger partial charge in [-0.1, -0.05) is 34.8 Å². The van der Waals surface area contributed by atoms with E-state index in [1.165, 1.54) is 10.1 Å². The molecule has 1 aliphatic heterocycles. The predicted molar refractivity (Wildman–Crippen MR) is 79.6 cm³/mol. The fraction of sp³-hybridized carbons (Fsp3) is 0.250. The predicted octanol–water partition coefficient (Wildman–Crippen LogP) is 3.00. The molecule has 1 aromatic carbocycles. The zero-order chi connectivity index (χ0) is 14.9. The van der Waals surface area contributed by atoms with Crippen LogP contribution in [0.4, 0.5) is 5.69 Å². The highest BCUT2D eigenvalue weighted by molar-refractivity contribution is 6.49. The number of anilines is 1. The first-order valence-electron chi connectivity index (χ1n) is 5.78. The number of hydrazine groups is 2. The largest absolute Gasteiger partial charge is 0.463 e.